The average Bonchev–Trinajstić information content (AvgIpc) is 3.58. The molecular formula is C30H29FN4O2. The fourth-order valence-corrected chi connectivity index (χ4v) is 5.30. The Hall–Kier alpha value is -4.00. The molecule has 37 heavy (non-hydrogen) atoms. The van der Waals surface area contributed by atoms with Crippen LogP contribution in [0.25, 0.3) is 33.5 Å². The zero-order valence-electron chi connectivity index (χ0n) is 20.8. The van der Waals surface area contributed by atoms with Crippen LogP contribution in [0.5, 0.6) is 0 Å². The van der Waals surface area contributed by atoms with Gasteiger partial charge in [0.15, 0.2) is 0 Å². The number of nitrogens with zero attached hydrogens (tertiary/aromatic N) is 3. The minimum absolute atomic E-state index is 0.137. The molecule has 0 spiro atoms. The van der Waals surface area contributed by atoms with Crippen LogP contribution in [0.3, 0.4) is 0 Å². The Morgan fingerprint density at radius 1 is 0.946 bits per heavy atom. The maximum atomic E-state index is 13.4. The van der Waals surface area contributed by atoms with E-state index in [9.17, 15) is 14.0 Å². The lowest BCUT2D eigenvalue weighted by Gasteiger charge is -2.18. The van der Waals surface area contributed by atoms with Gasteiger partial charge in [-0.05, 0) is 66.6 Å². The summed E-state index contributed by atoms with van der Waals surface area (Å²) in [5, 5.41) is 2.70. The maximum Gasteiger partial charge on any atom is 0.251 e. The number of benzene rings is 3. The predicted octanol–water partition coefficient (Wildman–Crippen LogP) is 5.13. The molecule has 0 radical (unpaired) electrons. The van der Waals surface area contributed by atoms with Crippen LogP contribution in [0.2, 0.25) is 0 Å². The second kappa shape index (κ2) is 9.47. The van der Waals surface area contributed by atoms with Crippen molar-refractivity contribution >= 4 is 22.8 Å². The van der Waals surface area contributed by atoms with Gasteiger partial charge >= 0.3 is 0 Å². The van der Waals surface area contributed by atoms with Gasteiger partial charge in [-0.2, -0.15) is 0 Å². The van der Waals surface area contributed by atoms with Crippen LogP contribution in [0.15, 0.2) is 66.7 Å². The third kappa shape index (κ3) is 4.61. The summed E-state index contributed by atoms with van der Waals surface area (Å²) in [6.45, 7) is 2.28. The first-order valence-corrected chi connectivity index (χ1v) is 12.9. The molecule has 2 aliphatic rings. The zero-order chi connectivity index (χ0) is 25.5. The molecule has 1 aliphatic carbocycles. The van der Waals surface area contributed by atoms with Gasteiger partial charge in [0.2, 0.25) is 5.91 Å². The molecule has 2 heterocycles. The summed E-state index contributed by atoms with van der Waals surface area (Å²) in [7, 11) is 1.63. The number of imidazole rings is 1. The van der Waals surface area contributed by atoms with Crippen molar-refractivity contribution in [2.24, 2.45) is 11.8 Å². The normalized spacial score (nSPS) is 17.4. The van der Waals surface area contributed by atoms with Crippen molar-refractivity contribution in [2.75, 3.05) is 20.1 Å². The Balaban J connectivity index is 1.35. The molecule has 1 aliphatic heterocycles. The number of hydrogen-bond donors (Lipinski definition) is 1. The van der Waals surface area contributed by atoms with E-state index in [0.717, 1.165) is 72.4 Å². The number of rotatable bonds is 6. The van der Waals surface area contributed by atoms with E-state index in [1.165, 1.54) is 12.1 Å². The second-order valence-corrected chi connectivity index (χ2v) is 10.1. The van der Waals surface area contributed by atoms with Crippen molar-refractivity contribution in [3.05, 3.63) is 78.1 Å². The number of likely N-dealkylation sites (tertiary alicyclic amines) is 1. The molecule has 3 aromatic carbocycles. The predicted molar refractivity (Wildman–Crippen MR) is 141 cm³/mol. The van der Waals surface area contributed by atoms with Crippen LogP contribution in [0.4, 0.5) is 4.39 Å². The number of nitrogens with one attached hydrogen (secondary N) is 1. The molecule has 0 unspecified atom stereocenters. The molecular weight excluding hydrogens is 467 g/mol. The number of carbonyl (C=O) groups is 2. The summed E-state index contributed by atoms with van der Waals surface area (Å²) in [5.74, 6) is 1.30. The van der Waals surface area contributed by atoms with Crippen LogP contribution in [0.1, 0.15) is 29.6 Å². The lowest BCUT2D eigenvalue weighted by atomic mass is 10.0. The van der Waals surface area contributed by atoms with E-state index >= 15 is 0 Å². The number of halogens is 1. The molecule has 2 fully saturated rings. The van der Waals surface area contributed by atoms with Crippen molar-refractivity contribution in [1.82, 2.24) is 19.8 Å². The van der Waals surface area contributed by atoms with Gasteiger partial charge in [0.25, 0.3) is 5.91 Å². The maximum absolute atomic E-state index is 13.4. The Morgan fingerprint density at radius 2 is 1.62 bits per heavy atom. The zero-order valence-corrected chi connectivity index (χ0v) is 20.8. The van der Waals surface area contributed by atoms with Crippen molar-refractivity contribution in [3.63, 3.8) is 0 Å². The van der Waals surface area contributed by atoms with Gasteiger partial charge < -0.3 is 14.8 Å². The van der Waals surface area contributed by atoms with Gasteiger partial charge in [0.1, 0.15) is 11.6 Å². The molecule has 6 rings (SSSR count). The standard InChI is InChI=1S/C30H29FN4O2/c1-32-29(36)24-10-13-26-27(16-24)35(18-19-14-15-34(17-19)30(37)23-6-7-23)28(33-26)22-4-2-20(3-5-22)21-8-11-25(31)12-9-21/h2-5,8-13,16,19,23H,6-7,14-15,17-18H2,1H3,(H,32,36)/t19-/m0/s1. The Kier molecular flexibility index (Phi) is 5.99. The molecule has 1 atom stereocenters. The fourth-order valence-electron chi connectivity index (χ4n) is 5.30. The number of fused-ring (bicyclic) bond motifs is 1. The molecule has 4 aromatic rings. The van der Waals surface area contributed by atoms with Crippen LogP contribution in [0, 0.1) is 17.7 Å². The van der Waals surface area contributed by atoms with Crippen LogP contribution in [-0.2, 0) is 11.3 Å². The van der Waals surface area contributed by atoms with E-state index in [1.807, 2.05) is 41.3 Å². The Morgan fingerprint density at radius 3 is 2.30 bits per heavy atom. The van der Waals surface area contributed by atoms with Crippen molar-refractivity contribution < 1.29 is 14.0 Å². The third-order valence-electron chi connectivity index (χ3n) is 7.52. The minimum atomic E-state index is -0.255. The highest BCUT2D eigenvalue weighted by Gasteiger charge is 2.36. The molecule has 1 saturated carbocycles. The number of aromatic nitrogens is 2. The molecule has 1 saturated heterocycles. The number of amides is 2. The number of carbonyl (C=O) groups excluding carboxylic acids is 2. The molecule has 7 heteroatoms. The molecule has 188 valence electrons. The van der Waals surface area contributed by atoms with Crippen molar-refractivity contribution in [1.29, 1.82) is 0 Å². The fraction of sp³-hybridized carbons (Fsp3) is 0.300. The molecule has 6 nitrogen and oxygen atoms in total. The van der Waals surface area contributed by atoms with E-state index in [2.05, 4.69) is 9.88 Å². The molecule has 1 aromatic heterocycles. The van der Waals surface area contributed by atoms with E-state index in [-0.39, 0.29) is 17.6 Å². The molecule has 0 bridgehead atoms. The van der Waals surface area contributed by atoms with E-state index in [0.29, 0.717) is 17.4 Å². The lowest BCUT2D eigenvalue weighted by Crippen LogP contribution is -2.30. The number of hydrogen-bond acceptors (Lipinski definition) is 3. The van der Waals surface area contributed by atoms with Gasteiger partial charge in [-0.15, -0.1) is 0 Å². The first-order chi connectivity index (χ1) is 18.0. The van der Waals surface area contributed by atoms with Gasteiger partial charge in [-0.3, -0.25) is 9.59 Å². The van der Waals surface area contributed by atoms with Crippen LogP contribution in [-0.4, -0.2) is 46.4 Å². The SMILES string of the molecule is CNC(=O)c1ccc2nc(-c3ccc(-c4ccc(F)cc4)cc3)n(C[C@H]3CCN(C(=O)C4CC4)C3)c2c1. The Bertz CT molecular complexity index is 1470. The lowest BCUT2D eigenvalue weighted by molar-refractivity contribution is -0.131. The average molecular weight is 497 g/mol. The van der Waals surface area contributed by atoms with Crippen LogP contribution >= 0.6 is 0 Å². The third-order valence-corrected chi connectivity index (χ3v) is 7.52. The minimum Gasteiger partial charge on any atom is -0.355 e. The highest BCUT2D eigenvalue weighted by atomic mass is 19.1. The smallest absolute Gasteiger partial charge is 0.251 e. The largest absolute Gasteiger partial charge is 0.355 e. The first-order valence-electron chi connectivity index (χ1n) is 12.9. The summed E-state index contributed by atoms with van der Waals surface area (Å²) in [4.78, 5) is 32.0. The van der Waals surface area contributed by atoms with E-state index in [4.69, 9.17) is 4.98 Å². The summed E-state index contributed by atoms with van der Waals surface area (Å²) >= 11 is 0. The Labute approximate surface area is 215 Å². The van der Waals surface area contributed by atoms with Crippen molar-refractivity contribution in [2.45, 2.75) is 25.8 Å². The highest BCUT2D eigenvalue weighted by Crippen LogP contribution is 2.34. The quantitative estimate of drug-likeness (QED) is 0.403. The highest BCUT2D eigenvalue weighted by molar-refractivity contribution is 5.97. The van der Waals surface area contributed by atoms with Gasteiger partial charge in [-0.1, -0.05) is 36.4 Å². The van der Waals surface area contributed by atoms with E-state index in [1.54, 1.807) is 25.2 Å². The van der Waals surface area contributed by atoms with Gasteiger partial charge in [0, 0.05) is 43.7 Å². The summed E-state index contributed by atoms with van der Waals surface area (Å²) < 4.78 is 15.6. The summed E-state index contributed by atoms with van der Waals surface area (Å²) in [6.07, 6.45) is 3.00. The monoisotopic (exact) mass is 496 g/mol. The topological polar surface area (TPSA) is 67.2 Å². The van der Waals surface area contributed by atoms with E-state index < -0.39 is 0 Å². The summed E-state index contributed by atoms with van der Waals surface area (Å²) in [6, 6.07) is 20.2. The second-order valence-electron chi connectivity index (χ2n) is 10.1. The van der Waals surface area contributed by atoms with Gasteiger partial charge in [0.05, 0.1) is 11.0 Å². The van der Waals surface area contributed by atoms with Crippen molar-refractivity contribution in [3.8, 4) is 22.5 Å². The molecule has 1 N–H and O–H groups in total. The first kappa shape index (κ1) is 23.4. The summed E-state index contributed by atoms with van der Waals surface area (Å²) in [5.41, 5.74) is 5.24. The van der Waals surface area contributed by atoms with Crippen LogP contribution < -0.4 is 5.32 Å². The molecule has 2 amide bonds. The van der Waals surface area contributed by atoms with Gasteiger partial charge in [-0.25, -0.2) is 9.37 Å².